The van der Waals surface area contributed by atoms with Crippen LogP contribution in [-0.2, 0) is 6.54 Å². The summed E-state index contributed by atoms with van der Waals surface area (Å²) >= 11 is 0. The van der Waals surface area contributed by atoms with E-state index in [0.29, 0.717) is 6.54 Å². The topological polar surface area (TPSA) is 45.5 Å². The van der Waals surface area contributed by atoms with Crippen LogP contribution < -0.4 is 0 Å². The van der Waals surface area contributed by atoms with Crippen molar-refractivity contribution in [3.8, 4) is 0 Å². The first-order chi connectivity index (χ1) is 8.22. The second-order valence-electron chi connectivity index (χ2n) is 4.63. The van der Waals surface area contributed by atoms with Crippen molar-refractivity contribution in [1.82, 2.24) is 9.47 Å². The van der Waals surface area contributed by atoms with E-state index in [1.165, 1.54) is 0 Å². The summed E-state index contributed by atoms with van der Waals surface area (Å²) in [7, 11) is 0. The summed E-state index contributed by atoms with van der Waals surface area (Å²) in [6, 6.07) is 3.77. The molecule has 1 fully saturated rings. The van der Waals surface area contributed by atoms with Crippen LogP contribution in [-0.4, -0.2) is 39.7 Å². The van der Waals surface area contributed by atoms with Crippen molar-refractivity contribution in [2.75, 3.05) is 13.1 Å². The normalized spacial score (nSPS) is 20.6. The monoisotopic (exact) mass is 236 g/mol. The molecule has 0 saturated carbocycles. The van der Waals surface area contributed by atoms with Crippen molar-refractivity contribution in [1.29, 1.82) is 0 Å². The zero-order valence-electron chi connectivity index (χ0n) is 10.3. The van der Waals surface area contributed by atoms with Crippen molar-refractivity contribution in [2.45, 2.75) is 38.8 Å². The molecular formula is C13H20N2O2. The number of carbonyl (C=O) groups excluding carboxylic acids is 1. The Morgan fingerprint density at radius 3 is 3.12 bits per heavy atom. The van der Waals surface area contributed by atoms with E-state index in [-0.39, 0.29) is 12.0 Å². The number of aliphatic hydroxyl groups excluding tert-OH is 1. The molecule has 1 amide bonds. The van der Waals surface area contributed by atoms with Gasteiger partial charge in [-0.15, -0.1) is 0 Å². The number of piperidine rings is 1. The maximum Gasteiger partial charge on any atom is 0.270 e. The molecule has 1 aromatic rings. The fraction of sp³-hybridized carbons (Fsp3) is 0.615. The zero-order valence-corrected chi connectivity index (χ0v) is 10.3. The molecular weight excluding hydrogens is 216 g/mol. The third-order valence-electron chi connectivity index (χ3n) is 3.20. The fourth-order valence-corrected chi connectivity index (χ4v) is 2.35. The van der Waals surface area contributed by atoms with E-state index in [1.54, 1.807) is 4.90 Å². The number of aliphatic hydroxyl groups is 1. The van der Waals surface area contributed by atoms with Gasteiger partial charge in [-0.1, -0.05) is 6.92 Å². The molecule has 1 atom stereocenters. The second kappa shape index (κ2) is 5.36. The van der Waals surface area contributed by atoms with Gasteiger partial charge in [0.2, 0.25) is 0 Å². The van der Waals surface area contributed by atoms with Gasteiger partial charge in [-0.05, 0) is 31.4 Å². The molecule has 4 heteroatoms. The molecule has 1 N–H and O–H groups in total. The molecule has 0 radical (unpaired) electrons. The van der Waals surface area contributed by atoms with Gasteiger partial charge in [0.25, 0.3) is 5.91 Å². The Morgan fingerprint density at radius 1 is 1.59 bits per heavy atom. The minimum Gasteiger partial charge on any atom is -0.391 e. The maximum absolute atomic E-state index is 12.3. The molecule has 17 heavy (non-hydrogen) atoms. The lowest BCUT2D eigenvalue weighted by Gasteiger charge is -2.30. The molecule has 1 aromatic heterocycles. The zero-order chi connectivity index (χ0) is 12.3. The minimum atomic E-state index is -0.359. The van der Waals surface area contributed by atoms with E-state index in [0.717, 1.165) is 38.0 Å². The highest BCUT2D eigenvalue weighted by Crippen LogP contribution is 2.14. The number of aryl methyl sites for hydroxylation is 1. The molecule has 4 nitrogen and oxygen atoms in total. The van der Waals surface area contributed by atoms with Crippen LogP contribution in [0.4, 0.5) is 0 Å². The number of amides is 1. The van der Waals surface area contributed by atoms with E-state index in [1.807, 2.05) is 22.9 Å². The first kappa shape index (κ1) is 12.2. The van der Waals surface area contributed by atoms with Crippen LogP contribution in [0.15, 0.2) is 18.3 Å². The Hall–Kier alpha value is -1.29. The van der Waals surface area contributed by atoms with Crippen molar-refractivity contribution in [3.63, 3.8) is 0 Å². The molecule has 94 valence electrons. The van der Waals surface area contributed by atoms with Crippen molar-refractivity contribution < 1.29 is 9.90 Å². The maximum atomic E-state index is 12.3. The minimum absolute atomic E-state index is 0.0437. The lowest BCUT2D eigenvalue weighted by Crippen LogP contribution is -2.42. The van der Waals surface area contributed by atoms with Crippen LogP contribution in [0.25, 0.3) is 0 Å². The van der Waals surface area contributed by atoms with E-state index >= 15 is 0 Å². The fourth-order valence-electron chi connectivity index (χ4n) is 2.35. The van der Waals surface area contributed by atoms with E-state index in [4.69, 9.17) is 0 Å². The number of aromatic nitrogens is 1. The predicted octanol–water partition coefficient (Wildman–Crippen LogP) is 1.49. The van der Waals surface area contributed by atoms with Crippen LogP contribution >= 0.6 is 0 Å². The van der Waals surface area contributed by atoms with Gasteiger partial charge in [0.15, 0.2) is 0 Å². The summed E-state index contributed by atoms with van der Waals surface area (Å²) in [6.07, 6.45) is 4.29. The van der Waals surface area contributed by atoms with Crippen LogP contribution in [0.1, 0.15) is 36.7 Å². The quantitative estimate of drug-likeness (QED) is 0.864. The number of nitrogens with zero attached hydrogens (tertiary/aromatic N) is 2. The Balaban J connectivity index is 2.10. The molecule has 0 spiro atoms. The van der Waals surface area contributed by atoms with E-state index in [2.05, 4.69) is 6.92 Å². The van der Waals surface area contributed by atoms with Gasteiger partial charge in [0.05, 0.1) is 6.10 Å². The summed E-state index contributed by atoms with van der Waals surface area (Å²) in [5, 5.41) is 9.60. The smallest absolute Gasteiger partial charge is 0.270 e. The average molecular weight is 236 g/mol. The van der Waals surface area contributed by atoms with Gasteiger partial charge in [0, 0.05) is 25.8 Å². The van der Waals surface area contributed by atoms with Crippen LogP contribution in [0.2, 0.25) is 0 Å². The highest BCUT2D eigenvalue weighted by molar-refractivity contribution is 5.92. The van der Waals surface area contributed by atoms with Crippen molar-refractivity contribution in [2.24, 2.45) is 0 Å². The average Bonchev–Trinajstić information content (AvgIpc) is 2.77. The van der Waals surface area contributed by atoms with Crippen LogP contribution in [0, 0.1) is 0 Å². The molecule has 2 heterocycles. The Morgan fingerprint density at radius 2 is 2.41 bits per heavy atom. The molecule has 1 saturated heterocycles. The molecule has 1 unspecified atom stereocenters. The second-order valence-corrected chi connectivity index (χ2v) is 4.63. The predicted molar refractivity (Wildman–Crippen MR) is 65.9 cm³/mol. The third kappa shape index (κ3) is 2.69. The third-order valence-corrected chi connectivity index (χ3v) is 3.20. The van der Waals surface area contributed by atoms with E-state index < -0.39 is 0 Å². The molecule has 1 aliphatic heterocycles. The summed E-state index contributed by atoms with van der Waals surface area (Å²) in [5.74, 6) is 0.0437. The SMILES string of the molecule is CCCn1cccc1C(=O)N1CCCC(O)C1. The first-order valence-corrected chi connectivity index (χ1v) is 6.35. The van der Waals surface area contributed by atoms with Crippen LogP contribution in [0.3, 0.4) is 0 Å². The molecule has 0 bridgehead atoms. The number of β-amino-alcohol motifs (C(OH)–C–C–N with tert-alkyl or cyclic N) is 1. The van der Waals surface area contributed by atoms with Gasteiger partial charge in [-0.25, -0.2) is 0 Å². The summed E-state index contributed by atoms with van der Waals surface area (Å²) in [6.45, 7) is 4.19. The van der Waals surface area contributed by atoms with Crippen LogP contribution in [0.5, 0.6) is 0 Å². The van der Waals surface area contributed by atoms with Gasteiger partial charge >= 0.3 is 0 Å². The first-order valence-electron chi connectivity index (χ1n) is 6.35. The largest absolute Gasteiger partial charge is 0.391 e. The Kier molecular flexibility index (Phi) is 3.84. The molecule has 0 aliphatic carbocycles. The number of likely N-dealkylation sites (tertiary alicyclic amines) is 1. The summed E-state index contributed by atoms with van der Waals surface area (Å²) < 4.78 is 1.99. The summed E-state index contributed by atoms with van der Waals surface area (Å²) in [4.78, 5) is 14.1. The number of hydrogen-bond donors (Lipinski definition) is 1. The Bertz CT molecular complexity index is 387. The van der Waals surface area contributed by atoms with Crippen molar-refractivity contribution >= 4 is 5.91 Å². The standard InChI is InChI=1S/C13H20N2O2/c1-2-7-14-8-4-6-12(14)13(17)15-9-3-5-11(16)10-15/h4,6,8,11,16H,2-3,5,7,9-10H2,1H3. The van der Waals surface area contributed by atoms with Gasteiger partial charge in [0.1, 0.15) is 5.69 Å². The lowest BCUT2D eigenvalue weighted by molar-refractivity contribution is 0.0465. The van der Waals surface area contributed by atoms with Gasteiger partial charge in [-0.2, -0.15) is 0 Å². The summed E-state index contributed by atoms with van der Waals surface area (Å²) in [5.41, 5.74) is 0.737. The van der Waals surface area contributed by atoms with E-state index in [9.17, 15) is 9.90 Å². The molecule has 2 rings (SSSR count). The number of rotatable bonds is 3. The van der Waals surface area contributed by atoms with Gasteiger partial charge in [-0.3, -0.25) is 4.79 Å². The molecule has 1 aliphatic rings. The van der Waals surface area contributed by atoms with Crippen molar-refractivity contribution in [3.05, 3.63) is 24.0 Å². The highest BCUT2D eigenvalue weighted by Gasteiger charge is 2.24. The van der Waals surface area contributed by atoms with Gasteiger partial charge < -0.3 is 14.6 Å². The number of hydrogen-bond acceptors (Lipinski definition) is 2. The molecule has 0 aromatic carbocycles. The Labute approximate surface area is 102 Å². The number of carbonyl (C=O) groups is 1. The highest BCUT2D eigenvalue weighted by atomic mass is 16.3. The lowest BCUT2D eigenvalue weighted by atomic mass is 10.1.